The van der Waals surface area contributed by atoms with Crippen LogP contribution in [0.4, 0.5) is 11.4 Å². The van der Waals surface area contributed by atoms with Crippen LogP contribution < -0.4 is 10.2 Å². The minimum Gasteiger partial charge on any atom is -0.377 e. The fourth-order valence-electron chi connectivity index (χ4n) is 3.54. The van der Waals surface area contributed by atoms with Crippen molar-refractivity contribution in [3.05, 3.63) is 59.2 Å². The lowest BCUT2D eigenvalue weighted by Crippen LogP contribution is -2.36. The number of piperidine rings is 1. The van der Waals surface area contributed by atoms with Crippen molar-refractivity contribution in [3.8, 4) is 0 Å². The number of carbonyl (C=O) groups excluding carboxylic acids is 2. The highest BCUT2D eigenvalue weighted by Crippen LogP contribution is 2.26. The molecule has 2 amide bonds. The smallest absolute Gasteiger partial charge is 0.256 e. The highest BCUT2D eigenvalue weighted by Gasteiger charge is 2.22. The monoisotopic (exact) mass is 379 g/mol. The normalized spacial score (nSPS) is 13.9. The van der Waals surface area contributed by atoms with E-state index >= 15 is 0 Å². The largest absolute Gasteiger partial charge is 0.377 e. The third-order valence-electron chi connectivity index (χ3n) is 5.23. The van der Waals surface area contributed by atoms with E-state index in [9.17, 15) is 9.59 Å². The molecule has 5 heteroatoms. The Morgan fingerprint density at radius 2 is 1.68 bits per heavy atom. The van der Waals surface area contributed by atoms with Gasteiger partial charge in [-0.05, 0) is 61.6 Å². The van der Waals surface area contributed by atoms with Gasteiger partial charge in [0.1, 0.15) is 0 Å². The van der Waals surface area contributed by atoms with Gasteiger partial charge in [-0.1, -0.05) is 19.1 Å². The fourth-order valence-corrected chi connectivity index (χ4v) is 3.54. The molecule has 3 rings (SSSR count). The Hall–Kier alpha value is -2.82. The Bertz CT molecular complexity index is 837. The number of hydrogen-bond donors (Lipinski definition) is 1. The van der Waals surface area contributed by atoms with E-state index < -0.39 is 0 Å². The van der Waals surface area contributed by atoms with Gasteiger partial charge in [0.25, 0.3) is 11.8 Å². The molecule has 1 fully saturated rings. The number of rotatable bonds is 5. The maximum atomic E-state index is 13.1. The molecular formula is C23H29N3O2. The minimum atomic E-state index is -0.170. The number of nitrogens with zero attached hydrogens (tertiary/aromatic N) is 2. The summed E-state index contributed by atoms with van der Waals surface area (Å²) in [5.41, 5.74) is 3.93. The zero-order valence-electron chi connectivity index (χ0n) is 17.0. The van der Waals surface area contributed by atoms with Gasteiger partial charge >= 0.3 is 0 Å². The average molecular weight is 380 g/mol. The zero-order valence-corrected chi connectivity index (χ0v) is 17.0. The summed E-state index contributed by atoms with van der Waals surface area (Å²) < 4.78 is 0. The van der Waals surface area contributed by atoms with Crippen LogP contribution in [0, 0.1) is 0 Å². The molecule has 28 heavy (non-hydrogen) atoms. The Labute approximate surface area is 167 Å². The van der Waals surface area contributed by atoms with E-state index in [0.717, 1.165) is 38.0 Å². The molecule has 1 aliphatic rings. The Kier molecular flexibility index (Phi) is 6.34. The van der Waals surface area contributed by atoms with E-state index in [1.54, 1.807) is 6.07 Å². The molecule has 0 unspecified atom stereocenters. The van der Waals surface area contributed by atoms with Gasteiger partial charge in [0.15, 0.2) is 0 Å². The Morgan fingerprint density at radius 1 is 1.00 bits per heavy atom. The van der Waals surface area contributed by atoms with E-state index in [2.05, 4.69) is 12.2 Å². The second-order valence-electron chi connectivity index (χ2n) is 7.48. The van der Waals surface area contributed by atoms with E-state index in [1.165, 1.54) is 12.0 Å². The maximum absolute atomic E-state index is 13.1. The van der Waals surface area contributed by atoms with Crippen LogP contribution in [0.3, 0.4) is 0 Å². The molecule has 5 nitrogen and oxygen atoms in total. The first kappa shape index (κ1) is 19.9. The summed E-state index contributed by atoms with van der Waals surface area (Å²) in [6.07, 6.45) is 4.22. The number of carbonyl (C=O) groups is 2. The van der Waals surface area contributed by atoms with Gasteiger partial charge in [-0.3, -0.25) is 9.59 Å². The van der Waals surface area contributed by atoms with Crippen LogP contribution in [-0.4, -0.2) is 43.9 Å². The van der Waals surface area contributed by atoms with Crippen LogP contribution in [-0.2, 0) is 6.42 Å². The van der Waals surface area contributed by atoms with E-state index in [1.807, 2.05) is 60.3 Å². The van der Waals surface area contributed by atoms with Crippen molar-refractivity contribution in [1.29, 1.82) is 0 Å². The summed E-state index contributed by atoms with van der Waals surface area (Å²) in [4.78, 5) is 29.5. The summed E-state index contributed by atoms with van der Waals surface area (Å²) in [6, 6.07) is 13.1. The maximum Gasteiger partial charge on any atom is 0.256 e. The highest BCUT2D eigenvalue weighted by atomic mass is 16.2. The number of aryl methyl sites for hydroxylation is 1. The van der Waals surface area contributed by atoms with E-state index in [0.29, 0.717) is 16.8 Å². The van der Waals surface area contributed by atoms with Crippen molar-refractivity contribution in [2.75, 3.05) is 37.4 Å². The van der Waals surface area contributed by atoms with Gasteiger partial charge in [-0.15, -0.1) is 0 Å². The summed E-state index contributed by atoms with van der Waals surface area (Å²) in [6.45, 7) is 3.68. The van der Waals surface area contributed by atoms with Gasteiger partial charge in [0.05, 0.1) is 5.56 Å². The van der Waals surface area contributed by atoms with Crippen LogP contribution in [0.25, 0.3) is 0 Å². The highest BCUT2D eigenvalue weighted by molar-refractivity contribution is 6.06. The predicted octanol–water partition coefficient (Wildman–Crippen LogP) is 4.19. The molecule has 0 radical (unpaired) electrons. The molecule has 1 aliphatic heterocycles. The van der Waals surface area contributed by atoms with Gasteiger partial charge < -0.3 is 15.1 Å². The molecular weight excluding hydrogens is 350 g/mol. The lowest BCUT2D eigenvalue weighted by molar-refractivity contribution is 0.0724. The topological polar surface area (TPSA) is 52.7 Å². The number of nitrogens with one attached hydrogen (secondary N) is 1. The molecule has 1 N–H and O–H groups in total. The van der Waals surface area contributed by atoms with Gasteiger partial charge in [0, 0.05) is 44.1 Å². The van der Waals surface area contributed by atoms with Crippen molar-refractivity contribution in [1.82, 2.24) is 4.90 Å². The van der Waals surface area contributed by atoms with Crippen molar-refractivity contribution in [2.24, 2.45) is 0 Å². The predicted molar refractivity (Wildman–Crippen MR) is 114 cm³/mol. The summed E-state index contributed by atoms with van der Waals surface area (Å²) in [5.74, 6) is -0.136. The number of likely N-dealkylation sites (tertiary alicyclic amines) is 1. The standard InChI is InChI=1S/C23H29N3O2/c1-4-17-8-10-18(11-9-17)22(27)24-19-12-13-21(25(2)3)20(16-19)23(28)26-14-6-5-7-15-26/h8-13,16H,4-7,14-15H2,1-3H3,(H,24,27). The van der Waals surface area contributed by atoms with Crippen LogP contribution in [0.15, 0.2) is 42.5 Å². The third kappa shape index (κ3) is 4.53. The van der Waals surface area contributed by atoms with E-state index in [4.69, 9.17) is 0 Å². The molecule has 2 aromatic rings. The van der Waals surface area contributed by atoms with Gasteiger partial charge in [-0.2, -0.15) is 0 Å². The van der Waals surface area contributed by atoms with Crippen LogP contribution in [0.2, 0.25) is 0 Å². The lowest BCUT2D eigenvalue weighted by Gasteiger charge is -2.28. The van der Waals surface area contributed by atoms with Gasteiger partial charge in [0.2, 0.25) is 0 Å². The van der Waals surface area contributed by atoms with Crippen LogP contribution >= 0.6 is 0 Å². The first-order valence-corrected chi connectivity index (χ1v) is 10.0. The molecule has 0 saturated carbocycles. The number of hydrogen-bond acceptors (Lipinski definition) is 3. The molecule has 2 aromatic carbocycles. The molecule has 1 saturated heterocycles. The number of amides is 2. The molecule has 1 heterocycles. The van der Waals surface area contributed by atoms with Crippen LogP contribution in [0.1, 0.15) is 52.5 Å². The molecule has 0 spiro atoms. The SMILES string of the molecule is CCc1ccc(C(=O)Nc2ccc(N(C)C)c(C(=O)N3CCCCC3)c2)cc1. The van der Waals surface area contributed by atoms with Crippen LogP contribution in [0.5, 0.6) is 0 Å². The Balaban J connectivity index is 1.83. The van der Waals surface area contributed by atoms with Gasteiger partial charge in [-0.25, -0.2) is 0 Å². The third-order valence-corrected chi connectivity index (χ3v) is 5.23. The minimum absolute atomic E-state index is 0.0341. The molecule has 0 aliphatic carbocycles. The summed E-state index contributed by atoms with van der Waals surface area (Å²) in [5, 5.41) is 2.93. The number of anilines is 2. The first-order valence-electron chi connectivity index (χ1n) is 10.0. The quantitative estimate of drug-likeness (QED) is 0.847. The number of benzene rings is 2. The average Bonchev–Trinajstić information content (AvgIpc) is 2.73. The lowest BCUT2D eigenvalue weighted by atomic mass is 10.1. The molecule has 148 valence electrons. The Morgan fingerprint density at radius 3 is 2.29 bits per heavy atom. The van der Waals surface area contributed by atoms with E-state index in [-0.39, 0.29) is 11.8 Å². The first-order chi connectivity index (χ1) is 13.5. The van der Waals surface area contributed by atoms with Crippen molar-refractivity contribution < 1.29 is 9.59 Å². The molecule has 0 bridgehead atoms. The second kappa shape index (κ2) is 8.91. The van der Waals surface area contributed by atoms with Crippen molar-refractivity contribution in [3.63, 3.8) is 0 Å². The summed E-state index contributed by atoms with van der Waals surface area (Å²) in [7, 11) is 3.85. The van der Waals surface area contributed by atoms with Crippen molar-refractivity contribution in [2.45, 2.75) is 32.6 Å². The summed E-state index contributed by atoms with van der Waals surface area (Å²) >= 11 is 0. The van der Waals surface area contributed by atoms with Crippen molar-refractivity contribution >= 4 is 23.2 Å². The second-order valence-corrected chi connectivity index (χ2v) is 7.48. The zero-order chi connectivity index (χ0) is 20.1. The fraction of sp³-hybridized carbons (Fsp3) is 0.391. The molecule has 0 aromatic heterocycles. The molecule has 0 atom stereocenters.